The van der Waals surface area contributed by atoms with Crippen LogP contribution in [0.1, 0.15) is 18.9 Å². The Morgan fingerprint density at radius 3 is 2.87 bits per heavy atom. The molecule has 0 amide bonds. The zero-order valence-corrected chi connectivity index (χ0v) is 8.88. The Hall–Kier alpha value is -1.53. The third-order valence-corrected chi connectivity index (χ3v) is 1.99. The van der Waals surface area contributed by atoms with Gasteiger partial charge < -0.3 is 10.5 Å². The van der Waals surface area contributed by atoms with E-state index in [0.29, 0.717) is 11.3 Å². The SMILES string of the molecule is CCC(N)C#Cc1cc(F)ccc1OC. The first-order valence-corrected chi connectivity index (χ1v) is 4.78. The summed E-state index contributed by atoms with van der Waals surface area (Å²) < 4.78 is 18.0. The molecule has 1 atom stereocenters. The van der Waals surface area contributed by atoms with E-state index in [9.17, 15) is 4.39 Å². The fourth-order valence-electron chi connectivity index (χ4n) is 1.05. The molecule has 0 aliphatic heterocycles. The minimum Gasteiger partial charge on any atom is -0.495 e. The van der Waals surface area contributed by atoms with Crippen molar-refractivity contribution in [3.05, 3.63) is 29.6 Å². The van der Waals surface area contributed by atoms with E-state index in [1.807, 2.05) is 6.92 Å². The first-order chi connectivity index (χ1) is 7.17. The Kier molecular flexibility index (Phi) is 4.14. The quantitative estimate of drug-likeness (QED) is 0.752. The van der Waals surface area contributed by atoms with E-state index in [0.717, 1.165) is 6.42 Å². The highest BCUT2D eigenvalue weighted by Gasteiger charge is 2.01. The van der Waals surface area contributed by atoms with Crippen molar-refractivity contribution in [2.24, 2.45) is 5.73 Å². The summed E-state index contributed by atoms with van der Waals surface area (Å²) in [6.45, 7) is 1.95. The molecule has 0 saturated carbocycles. The van der Waals surface area contributed by atoms with Crippen molar-refractivity contribution in [3.63, 3.8) is 0 Å². The molecular formula is C12H14FNO. The third kappa shape index (κ3) is 3.26. The number of methoxy groups -OCH3 is 1. The molecular weight excluding hydrogens is 193 g/mol. The van der Waals surface area contributed by atoms with Crippen LogP contribution in [0.3, 0.4) is 0 Å². The van der Waals surface area contributed by atoms with E-state index in [1.54, 1.807) is 6.07 Å². The fourth-order valence-corrected chi connectivity index (χ4v) is 1.05. The second-order valence-corrected chi connectivity index (χ2v) is 3.13. The maximum absolute atomic E-state index is 12.9. The molecule has 1 rings (SSSR count). The largest absolute Gasteiger partial charge is 0.495 e. The molecule has 0 aliphatic rings. The maximum atomic E-state index is 12.9. The summed E-state index contributed by atoms with van der Waals surface area (Å²) >= 11 is 0. The van der Waals surface area contributed by atoms with Crippen LogP contribution in [-0.2, 0) is 0 Å². The first-order valence-electron chi connectivity index (χ1n) is 4.78. The molecule has 0 heterocycles. The molecule has 0 fully saturated rings. The van der Waals surface area contributed by atoms with Crippen LogP contribution in [0.4, 0.5) is 4.39 Å². The van der Waals surface area contributed by atoms with Crippen molar-refractivity contribution in [1.29, 1.82) is 0 Å². The maximum Gasteiger partial charge on any atom is 0.134 e. The Morgan fingerprint density at radius 2 is 2.27 bits per heavy atom. The second-order valence-electron chi connectivity index (χ2n) is 3.13. The van der Waals surface area contributed by atoms with Gasteiger partial charge in [-0.05, 0) is 24.6 Å². The third-order valence-electron chi connectivity index (χ3n) is 1.99. The van der Waals surface area contributed by atoms with Gasteiger partial charge in [0.05, 0.1) is 18.7 Å². The van der Waals surface area contributed by atoms with E-state index in [4.69, 9.17) is 10.5 Å². The highest BCUT2D eigenvalue weighted by molar-refractivity contribution is 5.46. The second kappa shape index (κ2) is 5.38. The van der Waals surface area contributed by atoms with Crippen molar-refractivity contribution in [2.45, 2.75) is 19.4 Å². The molecule has 2 nitrogen and oxygen atoms in total. The van der Waals surface area contributed by atoms with Gasteiger partial charge in [0.1, 0.15) is 11.6 Å². The van der Waals surface area contributed by atoms with Gasteiger partial charge in [-0.2, -0.15) is 0 Å². The molecule has 80 valence electrons. The lowest BCUT2D eigenvalue weighted by atomic mass is 10.1. The summed E-state index contributed by atoms with van der Waals surface area (Å²) in [4.78, 5) is 0. The minimum absolute atomic E-state index is 0.182. The summed E-state index contributed by atoms with van der Waals surface area (Å²) in [6.07, 6.45) is 0.768. The van der Waals surface area contributed by atoms with Gasteiger partial charge in [-0.15, -0.1) is 0 Å². The van der Waals surface area contributed by atoms with E-state index in [-0.39, 0.29) is 11.9 Å². The van der Waals surface area contributed by atoms with Crippen molar-refractivity contribution >= 4 is 0 Å². The number of benzene rings is 1. The van der Waals surface area contributed by atoms with Gasteiger partial charge in [-0.1, -0.05) is 18.8 Å². The smallest absolute Gasteiger partial charge is 0.134 e. The molecule has 0 saturated heterocycles. The molecule has 3 heteroatoms. The summed E-state index contributed by atoms with van der Waals surface area (Å²) in [5.74, 6) is 5.88. The average Bonchev–Trinajstić information content (AvgIpc) is 2.26. The normalized spacial score (nSPS) is 11.5. The molecule has 15 heavy (non-hydrogen) atoms. The highest BCUT2D eigenvalue weighted by atomic mass is 19.1. The van der Waals surface area contributed by atoms with Crippen LogP contribution in [-0.4, -0.2) is 13.2 Å². The Morgan fingerprint density at radius 1 is 1.53 bits per heavy atom. The summed E-state index contributed by atoms with van der Waals surface area (Å²) in [7, 11) is 1.53. The molecule has 0 aliphatic carbocycles. The number of hydrogen-bond donors (Lipinski definition) is 1. The lowest BCUT2D eigenvalue weighted by Crippen LogP contribution is -2.15. The average molecular weight is 207 g/mol. The van der Waals surface area contributed by atoms with Crippen LogP contribution >= 0.6 is 0 Å². The molecule has 1 aromatic rings. The van der Waals surface area contributed by atoms with Gasteiger partial charge in [0.25, 0.3) is 0 Å². The fraction of sp³-hybridized carbons (Fsp3) is 0.333. The van der Waals surface area contributed by atoms with Crippen LogP contribution in [0.25, 0.3) is 0 Å². The molecule has 1 aromatic carbocycles. The first kappa shape index (κ1) is 11.5. The minimum atomic E-state index is -0.329. The predicted molar refractivity (Wildman–Crippen MR) is 58.1 cm³/mol. The number of nitrogens with two attached hydrogens (primary N) is 1. The van der Waals surface area contributed by atoms with Gasteiger partial charge in [-0.3, -0.25) is 0 Å². The zero-order valence-electron chi connectivity index (χ0n) is 8.88. The van der Waals surface area contributed by atoms with E-state index >= 15 is 0 Å². The number of ether oxygens (including phenoxy) is 1. The van der Waals surface area contributed by atoms with Gasteiger partial charge in [-0.25, -0.2) is 4.39 Å². The molecule has 1 unspecified atom stereocenters. The molecule has 0 aromatic heterocycles. The van der Waals surface area contributed by atoms with Gasteiger partial charge in [0.15, 0.2) is 0 Å². The van der Waals surface area contributed by atoms with Crippen LogP contribution in [0.15, 0.2) is 18.2 Å². The zero-order chi connectivity index (χ0) is 11.3. The monoisotopic (exact) mass is 207 g/mol. The van der Waals surface area contributed by atoms with Crippen LogP contribution in [0, 0.1) is 17.7 Å². The van der Waals surface area contributed by atoms with Gasteiger partial charge in [0.2, 0.25) is 0 Å². The van der Waals surface area contributed by atoms with Crippen molar-refractivity contribution in [3.8, 4) is 17.6 Å². The summed E-state index contributed by atoms with van der Waals surface area (Å²) in [5, 5.41) is 0. The van der Waals surface area contributed by atoms with E-state index in [1.165, 1.54) is 19.2 Å². The lowest BCUT2D eigenvalue weighted by Gasteiger charge is -2.02. The van der Waals surface area contributed by atoms with Crippen LogP contribution < -0.4 is 10.5 Å². The van der Waals surface area contributed by atoms with Crippen LogP contribution in [0.5, 0.6) is 5.75 Å². The summed E-state index contributed by atoms with van der Waals surface area (Å²) in [6, 6.07) is 4.05. The van der Waals surface area contributed by atoms with Crippen molar-refractivity contribution in [2.75, 3.05) is 7.11 Å². The van der Waals surface area contributed by atoms with Crippen molar-refractivity contribution < 1.29 is 9.13 Å². The standard InChI is InChI=1S/C12H14FNO/c1-3-11(14)6-4-9-8-10(13)5-7-12(9)15-2/h5,7-8,11H,3,14H2,1-2H3. The number of rotatable bonds is 2. The highest BCUT2D eigenvalue weighted by Crippen LogP contribution is 2.17. The van der Waals surface area contributed by atoms with Gasteiger partial charge in [0, 0.05) is 0 Å². The lowest BCUT2D eigenvalue weighted by molar-refractivity contribution is 0.412. The Balaban J connectivity index is 3.00. The van der Waals surface area contributed by atoms with E-state index in [2.05, 4.69) is 11.8 Å². The number of hydrogen-bond acceptors (Lipinski definition) is 2. The summed E-state index contributed by atoms with van der Waals surface area (Å²) in [5.41, 5.74) is 6.17. The number of halogens is 1. The van der Waals surface area contributed by atoms with E-state index < -0.39 is 0 Å². The molecule has 2 N–H and O–H groups in total. The molecule has 0 bridgehead atoms. The van der Waals surface area contributed by atoms with Crippen LogP contribution in [0.2, 0.25) is 0 Å². The Bertz CT molecular complexity index is 392. The topological polar surface area (TPSA) is 35.2 Å². The van der Waals surface area contributed by atoms with Gasteiger partial charge >= 0.3 is 0 Å². The van der Waals surface area contributed by atoms with Crippen molar-refractivity contribution in [1.82, 2.24) is 0 Å². The predicted octanol–water partition coefficient (Wildman–Crippen LogP) is 1.92. The molecule has 0 radical (unpaired) electrons. The molecule has 0 spiro atoms. The Labute approximate surface area is 89.2 Å².